The molecule has 0 fully saturated rings. The van der Waals surface area contributed by atoms with E-state index in [0.717, 1.165) is 27.2 Å². The Kier molecular flexibility index (Phi) is 7.82. The average molecular weight is 485 g/mol. The van der Waals surface area contributed by atoms with Gasteiger partial charge in [0.25, 0.3) is 5.91 Å². The smallest absolute Gasteiger partial charge is 0.257 e. The van der Waals surface area contributed by atoms with Gasteiger partial charge in [0.1, 0.15) is 24.7 Å². The van der Waals surface area contributed by atoms with E-state index in [2.05, 4.69) is 26.6 Å². The number of aryl methyl sites for hydroxylation is 1. The van der Waals surface area contributed by atoms with Crippen LogP contribution in [0.5, 0.6) is 11.5 Å². The Morgan fingerprint density at radius 3 is 2.20 bits per heavy atom. The predicted octanol–water partition coefficient (Wildman–Crippen LogP) is 5.34. The molecule has 0 aliphatic heterocycles. The molecule has 0 heterocycles. The number of hydrogen-bond acceptors (Lipinski definition) is 4. The number of hydrogen-bond donors (Lipinski definition) is 2. The van der Waals surface area contributed by atoms with Gasteiger partial charge in [-0.05, 0) is 73.2 Å². The molecule has 3 rings (SSSR count). The van der Waals surface area contributed by atoms with E-state index in [0.29, 0.717) is 18.8 Å². The molecular weight excluding hydrogens is 464 g/mol. The van der Waals surface area contributed by atoms with Crippen LogP contribution < -0.4 is 20.1 Å². The van der Waals surface area contributed by atoms with Crippen LogP contribution in [-0.2, 0) is 0 Å². The molecule has 0 aliphatic rings. The molecule has 7 heteroatoms. The van der Waals surface area contributed by atoms with Gasteiger partial charge in [-0.15, -0.1) is 0 Å². The maximum atomic E-state index is 12.3. The molecule has 3 aromatic rings. The number of thiocarbonyl (C=S) groups is 1. The van der Waals surface area contributed by atoms with Crippen LogP contribution in [0.3, 0.4) is 0 Å². The highest BCUT2D eigenvalue weighted by Crippen LogP contribution is 2.18. The third kappa shape index (κ3) is 6.57. The molecule has 30 heavy (non-hydrogen) atoms. The quantitative estimate of drug-likeness (QED) is 0.350. The topological polar surface area (TPSA) is 59.6 Å². The van der Waals surface area contributed by atoms with Gasteiger partial charge in [0.15, 0.2) is 5.11 Å². The molecule has 0 saturated carbocycles. The van der Waals surface area contributed by atoms with Crippen molar-refractivity contribution in [2.75, 3.05) is 18.5 Å². The van der Waals surface area contributed by atoms with Crippen LogP contribution in [0.15, 0.2) is 77.3 Å². The van der Waals surface area contributed by atoms with Crippen molar-refractivity contribution in [3.8, 4) is 11.5 Å². The van der Waals surface area contributed by atoms with Crippen LogP contribution in [0.1, 0.15) is 15.9 Å². The fourth-order valence-electron chi connectivity index (χ4n) is 2.54. The highest BCUT2D eigenvalue weighted by molar-refractivity contribution is 9.10. The van der Waals surface area contributed by atoms with E-state index < -0.39 is 0 Å². The summed E-state index contributed by atoms with van der Waals surface area (Å²) in [5, 5.41) is 5.89. The molecule has 0 aromatic heterocycles. The number of anilines is 1. The Labute approximate surface area is 189 Å². The first-order valence-electron chi connectivity index (χ1n) is 9.30. The summed E-state index contributed by atoms with van der Waals surface area (Å²) in [5.74, 6) is 1.26. The Balaban J connectivity index is 1.43. The fraction of sp³-hybridized carbons (Fsp3) is 0.130. The van der Waals surface area contributed by atoms with Crippen molar-refractivity contribution in [2.24, 2.45) is 0 Å². The second-order valence-electron chi connectivity index (χ2n) is 6.41. The Morgan fingerprint density at radius 1 is 0.933 bits per heavy atom. The minimum atomic E-state index is -0.272. The third-order valence-corrected chi connectivity index (χ3v) is 5.20. The summed E-state index contributed by atoms with van der Waals surface area (Å²) in [6.07, 6.45) is 0. The van der Waals surface area contributed by atoms with Crippen LogP contribution in [0.4, 0.5) is 5.69 Å². The van der Waals surface area contributed by atoms with Crippen molar-refractivity contribution in [1.29, 1.82) is 0 Å². The monoisotopic (exact) mass is 484 g/mol. The van der Waals surface area contributed by atoms with Crippen molar-refractivity contribution in [3.63, 3.8) is 0 Å². The van der Waals surface area contributed by atoms with Crippen LogP contribution in [0.2, 0.25) is 0 Å². The zero-order valence-corrected chi connectivity index (χ0v) is 18.8. The fourth-order valence-corrected chi connectivity index (χ4v) is 3.13. The molecule has 0 atom stereocenters. The summed E-state index contributed by atoms with van der Waals surface area (Å²) in [5.41, 5.74) is 2.33. The van der Waals surface area contributed by atoms with Crippen molar-refractivity contribution >= 4 is 44.9 Å². The molecule has 0 spiro atoms. The van der Waals surface area contributed by atoms with E-state index in [1.165, 1.54) is 0 Å². The van der Waals surface area contributed by atoms with E-state index in [1.807, 2.05) is 67.6 Å². The molecule has 5 nitrogen and oxygen atoms in total. The molecule has 0 radical (unpaired) electrons. The maximum absolute atomic E-state index is 12.3. The maximum Gasteiger partial charge on any atom is 0.257 e. The van der Waals surface area contributed by atoms with Gasteiger partial charge in [0.05, 0.1) is 0 Å². The number of ether oxygens (including phenoxy) is 2. The lowest BCUT2D eigenvalue weighted by Gasteiger charge is -2.11. The molecule has 154 valence electrons. The zero-order valence-electron chi connectivity index (χ0n) is 16.4. The van der Waals surface area contributed by atoms with Gasteiger partial charge in [0, 0.05) is 15.7 Å². The second kappa shape index (κ2) is 10.8. The van der Waals surface area contributed by atoms with Crippen molar-refractivity contribution < 1.29 is 14.3 Å². The highest BCUT2D eigenvalue weighted by Gasteiger charge is 2.09. The number of amides is 1. The lowest BCUT2D eigenvalue weighted by Crippen LogP contribution is -2.34. The summed E-state index contributed by atoms with van der Waals surface area (Å²) in [6, 6.07) is 22.3. The van der Waals surface area contributed by atoms with Crippen LogP contribution in [-0.4, -0.2) is 24.2 Å². The van der Waals surface area contributed by atoms with Gasteiger partial charge >= 0.3 is 0 Å². The van der Waals surface area contributed by atoms with Gasteiger partial charge < -0.3 is 14.8 Å². The normalized spacial score (nSPS) is 10.2. The summed E-state index contributed by atoms with van der Waals surface area (Å²) >= 11 is 8.66. The van der Waals surface area contributed by atoms with Gasteiger partial charge in [0.2, 0.25) is 0 Å². The average Bonchev–Trinajstić information content (AvgIpc) is 2.75. The number of benzene rings is 3. The molecule has 1 amide bonds. The molecular formula is C23H21BrN2O3S. The number of carbonyl (C=O) groups is 1. The molecule has 0 bridgehead atoms. The Bertz CT molecular complexity index is 1010. The third-order valence-electron chi connectivity index (χ3n) is 4.14. The number of para-hydroxylation sites is 1. The van der Waals surface area contributed by atoms with Gasteiger partial charge in [-0.2, -0.15) is 0 Å². The minimum Gasteiger partial charge on any atom is -0.490 e. The predicted molar refractivity (Wildman–Crippen MR) is 126 cm³/mol. The van der Waals surface area contributed by atoms with E-state index in [4.69, 9.17) is 21.7 Å². The SMILES string of the molecule is Cc1ccc(C(=O)NC(=S)Nc2ccc(OCCOc3ccccc3)cc2)cc1Br. The van der Waals surface area contributed by atoms with Gasteiger partial charge in [-0.25, -0.2) is 0 Å². The van der Waals surface area contributed by atoms with Gasteiger partial charge in [-0.1, -0.05) is 40.2 Å². The summed E-state index contributed by atoms with van der Waals surface area (Å²) in [4.78, 5) is 12.3. The molecule has 0 unspecified atom stereocenters. The Morgan fingerprint density at radius 2 is 1.57 bits per heavy atom. The standard InChI is InChI=1S/C23H21BrN2O3S/c1-16-7-8-17(15-21(16)24)22(27)26-23(30)25-18-9-11-20(12-10-18)29-14-13-28-19-5-3-2-4-6-19/h2-12,15H,13-14H2,1H3,(H2,25,26,27,30). The van der Waals surface area contributed by atoms with E-state index in [-0.39, 0.29) is 11.0 Å². The molecule has 0 saturated heterocycles. The lowest BCUT2D eigenvalue weighted by atomic mass is 10.1. The summed E-state index contributed by atoms with van der Waals surface area (Å²) in [6.45, 7) is 2.85. The number of rotatable bonds is 7. The molecule has 3 aromatic carbocycles. The van der Waals surface area contributed by atoms with E-state index >= 15 is 0 Å². The van der Waals surface area contributed by atoms with Crippen LogP contribution >= 0.6 is 28.1 Å². The first kappa shape index (κ1) is 21.8. The number of carbonyl (C=O) groups excluding carboxylic acids is 1. The van der Waals surface area contributed by atoms with Crippen molar-refractivity contribution in [2.45, 2.75) is 6.92 Å². The van der Waals surface area contributed by atoms with Crippen molar-refractivity contribution in [1.82, 2.24) is 5.32 Å². The minimum absolute atomic E-state index is 0.224. The largest absolute Gasteiger partial charge is 0.490 e. The van der Waals surface area contributed by atoms with Crippen molar-refractivity contribution in [3.05, 3.63) is 88.4 Å². The molecule has 0 aliphatic carbocycles. The van der Waals surface area contributed by atoms with E-state index in [1.54, 1.807) is 12.1 Å². The number of halogens is 1. The van der Waals surface area contributed by atoms with Crippen LogP contribution in [0, 0.1) is 6.92 Å². The molecule has 2 N–H and O–H groups in total. The number of nitrogens with one attached hydrogen (secondary N) is 2. The second-order valence-corrected chi connectivity index (χ2v) is 7.67. The highest BCUT2D eigenvalue weighted by atomic mass is 79.9. The first-order chi connectivity index (χ1) is 14.5. The first-order valence-corrected chi connectivity index (χ1v) is 10.5. The zero-order chi connectivity index (χ0) is 21.3. The van der Waals surface area contributed by atoms with E-state index in [9.17, 15) is 4.79 Å². The summed E-state index contributed by atoms with van der Waals surface area (Å²) < 4.78 is 12.1. The summed E-state index contributed by atoms with van der Waals surface area (Å²) in [7, 11) is 0. The lowest BCUT2D eigenvalue weighted by molar-refractivity contribution is 0.0977. The van der Waals surface area contributed by atoms with Crippen LogP contribution in [0.25, 0.3) is 0 Å². The Hall–Kier alpha value is -2.90. The van der Waals surface area contributed by atoms with Gasteiger partial charge in [-0.3, -0.25) is 10.1 Å².